The van der Waals surface area contributed by atoms with Crippen molar-refractivity contribution in [3.63, 3.8) is 0 Å². The molecule has 0 amide bonds. The van der Waals surface area contributed by atoms with Gasteiger partial charge in [0, 0.05) is 18.1 Å². The third-order valence-electron chi connectivity index (χ3n) is 2.97. The molecule has 0 bridgehead atoms. The molecule has 0 saturated carbocycles. The normalized spacial score (nSPS) is 11.2. The van der Waals surface area contributed by atoms with Gasteiger partial charge in [0.05, 0.1) is 5.52 Å². The van der Waals surface area contributed by atoms with E-state index in [1.54, 1.807) is 6.07 Å². The van der Waals surface area contributed by atoms with Gasteiger partial charge in [-0.05, 0) is 50.7 Å². The van der Waals surface area contributed by atoms with Gasteiger partial charge in [-0.3, -0.25) is 0 Å². The van der Waals surface area contributed by atoms with Crippen molar-refractivity contribution in [2.45, 2.75) is 12.8 Å². The van der Waals surface area contributed by atoms with Crippen LogP contribution in [0.3, 0.4) is 0 Å². The van der Waals surface area contributed by atoms with Crippen LogP contribution in [0, 0.1) is 5.82 Å². The predicted molar refractivity (Wildman–Crippen MR) is 65.1 cm³/mol. The Bertz CT molecular complexity index is 488. The number of halogens is 1. The van der Waals surface area contributed by atoms with E-state index in [4.69, 9.17) is 0 Å². The summed E-state index contributed by atoms with van der Waals surface area (Å²) in [4.78, 5) is 0. The van der Waals surface area contributed by atoms with Crippen molar-refractivity contribution in [2.75, 3.05) is 13.6 Å². The van der Waals surface area contributed by atoms with Crippen LogP contribution in [0.2, 0.25) is 0 Å². The van der Waals surface area contributed by atoms with E-state index in [1.807, 2.05) is 20.2 Å². The summed E-state index contributed by atoms with van der Waals surface area (Å²) in [6.07, 6.45) is 2.12. The molecule has 1 aromatic carbocycles. The zero-order chi connectivity index (χ0) is 11.5. The van der Waals surface area contributed by atoms with Crippen LogP contribution in [-0.4, -0.2) is 18.2 Å². The van der Waals surface area contributed by atoms with Gasteiger partial charge in [0.25, 0.3) is 0 Å². The molecule has 0 aliphatic rings. The van der Waals surface area contributed by atoms with Crippen LogP contribution >= 0.6 is 0 Å². The summed E-state index contributed by atoms with van der Waals surface area (Å²) in [5.74, 6) is -0.171. The van der Waals surface area contributed by atoms with Crippen molar-refractivity contribution < 1.29 is 4.39 Å². The second-order valence-corrected chi connectivity index (χ2v) is 4.10. The topological polar surface area (TPSA) is 17.0 Å². The average Bonchev–Trinajstić information content (AvgIpc) is 2.57. The molecule has 0 aliphatic carbocycles. The first-order chi connectivity index (χ1) is 7.72. The van der Waals surface area contributed by atoms with Gasteiger partial charge in [0.15, 0.2) is 0 Å². The summed E-state index contributed by atoms with van der Waals surface area (Å²) in [6, 6.07) is 7.09. The minimum atomic E-state index is -0.171. The lowest BCUT2D eigenvalue weighted by molar-refractivity contribution is 0.628. The van der Waals surface area contributed by atoms with Gasteiger partial charge in [-0.2, -0.15) is 0 Å². The molecule has 0 atom stereocenters. The van der Waals surface area contributed by atoms with Crippen molar-refractivity contribution in [2.24, 2.45) is 7.05 Å². The highest BCUT2D eigenvalue weighted by molar-refractivity contribution is 5.81. The van der Waals surface area contributed by atoms with Gasteiger partial charge >= 0.3 is 0 Å². The zero-order valence-electron chi connectivity index (χ0n) is 9.76. The smallest absolute Gasteiger partial charge is 0.125 e. The summed E-state index contributed by atoms with van der Waals surface area (Å²) >= 11 is 0. The van der Waals surface area contributed by atoms with Crippen LogP contribution in [0.1, 0.15) is 12.1 Å². The molecule has 86 valence electrons. The summed E-state index contributed by atoms with van der Waals surface area (Å²) < 4.78 is 15.2. The van der Waals surface area contributed by atoms with Crippen molar-refractivity contribution >= 4 is 10.9 Å². The van der Waals surface area contributed by atoms with Crippen molar-refractivity contribution in [1.82, 2.24) is 9.88 Å². The Morgan fingerprint density at radius 3 is 2.88 bits per heavy atom. The molecule has 2 aromatic rings. The van der Waals surface area contributed by atoms with Crippen LogP contribution in [0.5, 0.6) is 0 Å². The summed E-state index contributed by atoms with van der Waals surface area (Å²) in [6.45, 7) is 1.01. The van der Waals surface area contributed by atoms with Crippen molar-refractivity contribution in [1.29, 1.82) is 0 Å². The fourth-order valence-electron chi connectivity index (χ4n) is 2.05. The quantitative estimate of drug-likeness (QED) is 0.783. The van der Waals surface area contributed by atoms with E-state index in [-0.39, 0.29) is 5.82 Å². The largest absolute Gasteiger partial charge is 0.348 e. The number of aromatic nitrogens is 1. The minimum Gasteiger partial charge on any atom is -0.348 e. The van der Waals surface area contributed by atoms with Crippen molar-refractivity contribution in [3.05, 3.63) is 35.8 Å². The number of benzene rings is 1. The number of aryl methyl sites for hydroxylation is 2. The van der Waals surface area contributed by atoms with E-state index < -0.39 is 0 Å². The van der Waals surface area contributed by atoms with Gasteiger partial charge in [-0.15, -0.1) is 0 Å². The first-order valence-electron chi connectivity index (χ1n) is 5.61. The second kappa shape index (κ2) is 4.66. The summed E-state index contributed by atoms with van der Waals surface area (Å²) in [5.41, 5.74) is 2.23. The Kier molecular flexibility index (Phi) is 3.25. The molecule has 16 heavy (non-hydrogen) atoms. The van der Waals surface area contributed by atoms with E-state index in [0.717, 1.165) is 30.3 Å². The Hall–Kier alpha value is -1.35. The van der Waals surface area contributed by atoms with Gasteiger partial charge < -0.3 is 9.88 Å². The minimum absolute atomic E-state index is 0.171. The number of nitrogens with one attached hydrogen (secondary N) is 1. The van der Waals surface area contributed by atoms with E-state index in [0.29, 0.717) is 0 Å². The molecule has 2 nitrogen and oxygen atoms in total. The third kappa shape index (κ3) is 2.09. The van der Waals surface area contributed by atoms with E-state index in [9.17, 15) is 4.39 Å². The molecule has 1 heterocycles. The van der Waals surface area contributed by atoms with Gasteiger partial charge in [0.2, 0.25) is 0 Å². The maximum atomic E-state index is 13.1. The lowest BCUT2D eigenvalue weighted by Gasteiger charge is -2.03. The highest BCUT2D eigenvalue weighted by Gasteiger charge is 2.05. The van der Waals surface area contributed by atoms with Crippen molar-refractivity contribution in [3.8, 4) is 0 Å². The summed E-state index contributed by atoms with van der Waals surface area (Å²) in [7, 11) is 3.95. The number of rotatable bonds is 4. The number of hydrogen-bond acceptors (Lipinski definition) is 1. The molecular weight excluding hydrogens is 203 g/mol. The fourth-order valence-corrected chi connectivity index (χ4v) is 2.05. The first kappa shape index (κ1) is 11.1. The molecule has 0 radical (unpaired) electrons. The Morgan fingerprint density at radius 2 is 2.12 bits per heavy atom. The van der Waals surface area contributed by atoms with E-state index >= 15 is 0 Å². The SMILES string of the molecule is CNCCCc1cc2ccc(F)cc2n1C. The third-order valence-corrected chi connectivity index (χ3v) is 2.97. The summed E-state index contributed by atoms with van der Waals surface area (Å²) in [5, 5.41) is 4.25. The number of nitrogens with zero attached hydrogens (tertiary/aromatic N) is 1. The Labute approximate surface area is 95.1 Å². The van der Waals surface area contributed by atoms with Crippen LogP contribution in [0.25, 0.3) is 10.9 Å². The second-order valence-electron chi connectivity index (χ2n) is 4.10. The van der Waals surface area contributed by atoms with Crippen LogP contribution < -0.4 is 5.32 Å². The van der Waals surface area contributed by atoms with Crippen LogP contribution in [0.15, 0.2) is 24.3 Å². The molecule has 1 N–H and O–H groups in total. The van der Waals surface area contributed by atoms with Crippen LogP contribution in [0.4, 0.5) is 4.39 Å². The van der Waals surface area contributed by atoms with Crippen LogP contribution in [-0.2, 0) is 13.5 Å². The molecule has 0 unspecified atom stereocenters. The molecule has 0 spiro atoms. The molecule has 2 rings (SSSR count). The lowest BCUT2D eigenvalue weighted by atomic mass is 10.2. The number of hydrogen-bond donors (Lipinski definition) is 1. The highest BCUT2D eigenvalue weighted by atomic mass is 19.1. The first-order valence-corrected chi connectivity index (χ1v) is 5.61. The maximum Gasteiger partial charge on any atom is 0.125 e. The van der Waals surface area contributed by atoms with Gasteiger partial charge in [-0.25, -0.2) is 4.39 Å². The van der Waals surface area contributed by atoms with Gasteiger partial charge in [-0.1, -0.05) is 0 Å². The predicted octanol–water partition coefficient (Wildman–Crippen LogP) is 2.47. The fraction of sp³-hybridized carbons (Fsp3) is 0.385. The number of fused-ring (bicyclic) bond motifs is 1. The lowest BCUT2D eigenvalue weighted by Crippen LogP contribution is -2.09. The highest BCUT2D eigenvalue weighted by Crippen LogP contribution is 2.20. The Morgan fingerprint density at radius 1 is 1.31 bits per heavy atom. The monoisotopic (exact) mass is 220 g/mol. The Balaban J connectivity index is 2.29. The van der Waals surface area contributed by atoms with E-state index in [2.05, 4.69) is 16.0 Å². The molecule has 0 aliphatic heterocycles. The zero-order valence-corrected chi connectivity index (χ0v) is 9.76. The molecule has 0 fully saturated rings. The maximum absolute atomic E-state index is 13.1. The van der Waals surface area contributed by atoms with E-state index in [1.165, 1.54) is 11.8 Å². The standard InChI is InChI=1S/C13H17FN2/c1-15-7-3-4-12-8-10-5-6-11(14)9-13(10)16(12)2/h5-6,8-9,15H,3-4,7H2,1-2H3. The average molecular weight is 220 g/mol. The molecule has 0 saturated heterocycles. The molecule has 1 aromatic heterocycles. The molecule has 3 heteroatoms. The molecular formula is C13H17FN2. The van der Waals surface area contributed by atoms with Gasteiger partial charge in [0.1, 0.15) is 5.82 Å².